The highest BCUT2D eigenvalue weighted by molar-refractivity contribution is 5.95. The standard InChI is InChI=1S/C17H24F2N2O4.ClH/c1-17(2)9-21(6-5-13(17)20)15(22)10-7-11(23-3)14(25-16(18)19)12(8-10)24-4;/h7-8,13,16H,5-6,9,20H2,1-4H3;1H. The second-order valence-electron chi connectivity index (χ2n) is 6.70. The zero-order valence-electron chi connectivity index (χ0n) is 15.3. The van der Waals surface area contributed by atoms with E-state index in [0.29, 0.717) is 19.5 Å². The summed E-state index contributed by atoms with van der Waals surface area (Å²) < 4.78 is 39.9. The van der Waals surface area contributed by atoms with Gasteiger partial charge >= 0.3 is 6.61 Å². The number of benzene rings is 1. The Balaban J connectivity index is 0.00000338. The van der Waals surface area contributed by atoms with Crippen LogP contribution in [-0.4, -0.2) is 50.8 Å². The molecule has 0 radical (unpaired) electrons. The van der Waals surface area contributed by atoms with Crippen molar-refractivity contribution in [2.45, 2.75) is 32.9 Å². The Morgan fingerprint density at radius 3 is 2.23 bits per heavy atom. The van der Waals surface area contributed by atoms with Crippen molar-refractivity contribution in [1.82, 2.24) is 4.90 Å². The van der Waals surface area contributed by atoms with Crippen molar-refractivity contribution in [3.63, 3.8) is 0 Å². The molecule has 1 aliphatic rings. The summed E-state index contributed by atoms with van der Waals surface area (Å²) in [6.45, 7) is 2.03. The van der Waals surface area contributed by atoms with Gasteiger partial charge in [0.2, 0.25) is 5.75 Å². The van der Waals surface area contributed by atoms with Crippen LogP contribution in [0.4, 0.5) is 8.78 Å². The number of nitrogens with two attached hydrogens (primary N) is 1. The van der Waals surface area contributed by atoms with Crippen molar-refractivity contribution in [2.24, 2.45) is 11.1 Å². The number of hydrogen-bond acceptors (Lipinski definition) is 5. The largest absolute Gasteiger partial charge is 0.493 e. The van der Waals surface area contributed by atoms with Crippen LogP contribution < -0.4 is 19.9 Å². The maximum atomic E-state index is 12.8. The molecule has 0 spiro atoms. The predicted octanol–water partition coefficient (Wildman–Crippen LogP) is 2.93. The van der Waals surface area contributed by atoms with Gasteiger partial charge in [-0.05, 0) is 24.0 Å². The third-order valence-electron chi connectivity index (χ3n) is 4.51. The molecule has 26 heavy (non-hydrogen) atoms. The van der Waals surface area contributed by atoms with Gasteiger partial charge in [-0.25, -0.2) is 0 Å². The van der Waals surface area contributed by atoms with Crippen LogP contribution in [-0.2, 0) is 0 Å². The number of nitrogens with zero attached hydrogens (tertiary/aromatic N) is 1. The van der Waals surface area contributed by atoms with Crippen molar-refractivity contribution in [2.75, 3.05) is 27.3 Å². The van der Waals surface area contributed by atoms with Crippen molar-refractivity contribution < 1.29 is 27.8 Å². The van der Waals surface area contributed by atoms with Gasteiger partial charge in [0.15, 0.2) is 11.5 Å². The number of methoxy groups -OCH3 is 2. The Kier molecular flexibility index (Phi) is 7.46. The molecule has 1 amide bonds. The van der Waals surface area contributed by atoms with Gasteiger partial charge in [-0.1, -0.05) is 13.8 Å². The molecule has 1 aromatic carbocycles. The van der Waals surface area contributed by atoms with Gasteiger partial charge in [0.05, 0.1) is 14.2 Å². The van der Waals surface area contributed by atoms with Crippen LogP contribution in [0.5, 0.6) is 17.2 Å². The van der Waals surface area contributed by atoms with E-state index < -0.39 is 6.61 Å². The highest BCUT2D eigenvalue weighted by Crippen LogP contribution is 2.40. The third kappa shape index (κ3) is 4.67. The van der Waals surface area contributed by atoms with Gasteiger partial charge in [-0.2, -0.15) is 8.78 Å². The van der Waals surface area contributed by atoms with Crippen molar-refractivity contribution >= 4 is 18.3 Å². The Bertz CT molecular complexity index is 618. The molecule has 1 heterocycles. The number of carbonyl (C=O) groups excluding carboxylic acids is 1. The van der Waals surface area contributed by atoms with E-state index in [0.717, 1.165) is 0 Å². The lowest BCUT2D eigenvalue weighted by Crippen LogP contribution is -2.54. The topological polar surface area (TPSA) is 74.0 Å². The minimum absolute atomic E-state index is 0. The zero-order chi connectivity index (χ0) is 18.8. The van der Waals surface area contributed by atoms with E-state index in [1.165, 1.54) is 26.4 Å². The number of carbonyl (C=O) groups is 1. The number of halogens is 3. The highest BCUT2D eigenvalue weighted by Gasteiger charge is 2.36. The summed E-state index contributed by atoms with van der Waals surface area (Å²) in [5.74, 6) is -0.454. The van der Waals surface area contributed by atoms with E-state index in [4.69, 9.17) is 15.2 Å². The van der Waals surface area contributed by atoms with Crippen LogP contribution in [0.25, 0.3) is 0 Å². The van der Waals surface area contributed by atoms with Gasteiger partial charge in [0.25, 0.3) is 5.91 Å². The lowest BCUT2D eigenvalue weighted by atomic mass is 9.79. The Labute approximate surface area is 158 Å². The van der Waals surface area contributed by atoms with Crippen LogP contribution in [0.15, 0.2) is 12.1 Å². The first kappa shape index (κ1) is 22.2. The lowest BCUT2D eigenvalue weighted by molar-refractivity contribution is -0.0526. The Morgan fingerprint density at radius 1 is 1.27 bits per heavy atom. The number of hydrogen-bond donors (Lipinski definition) is 1. The maximum Gasteiger partial charge on any atom is 0.387 e. The molecular weight excluding hydrogens is 370 g/mol. The Hall–Kier alpha value is -1.80. The minimum atomic E-state index is -3.03. The van der Waals surface area contributed by atoms with Crippen LogP contribution in [0.2, 0.25) is 0 Å². The zero-order valence-corrected chi connectivity index (χ0v) is 16.1. The first-order valence-corrected chi connectivity index (χ1v) is 7.95. The van der Waals surface area contributed by atoms with Crippen LogP contribution >= 0.6 is 12.4 Å². The molecule has 0 aromatic heterocycles. The molecule has 1 aliphatic heterocycles. The first-order chi connectivity index (χ1) is 11.7. The summed E-state index contributed by atoms with van der Waals surface area (Å²) in [7, 11) is 2.62. The number of piperidine rings is 1. The first-order valence-electron chi connectivity index (χ1n) is 7.95. The fourth-order valence-corrected chi connectivity index (χ4v) is 2.94. The van der Waals surface area contributed by atoms with E-state index in [9.17, 15) is 13.6 Å². The molecule has 148 valence electrons. The molecule has 9 heteroatoms. The minimum Gasteiger partial charge on any atom is -0.493 e. The number of rotatable bonds is 5. The Morgan fingerprint density at radius 2 is 1.81 bits per heavy atom. The summed E-state index contributed by atoms with van der Waals surface area (Å²) in [6.07, 6.45) is 0.694. The van der Waals surface area contributed by atoms with Gasteiger partial charge in [-0.15, -0.1) is 12.4 Å². The summed E-state index contributed by atoms with van der Waals surface area (Å²) in [6, 6.07) is 2.77. The number of amides is 1. The molecule has 0 bridgehead atoms. The van der Waals surface area contributed by atoms with E-state index in [1.54, 1.807) is 4.90 Å². The second kappa shape index (κ2) is 8.73. The van der Waals surface area contributed by atoms with Gasteiger partial charge in [-0.3, -0.25) is 4.79 Å². The van der Waals surface area contributed by atoms with Gasteiger partial charge < -0.3 is 24.8 Å². The molecule has 6 nitrogen and oxygen atoms in total. The molecule has 2 N–H and O–H groups in total. The summed E-state index contributed by atoms with van der Waals surface area (Å²) in [5, 5.41) is 0. The van der Waals surface area contributed by atoms with Crippen molar-refractivity contribution in [3.05, 3.63) is 17.7 Å². The predicted molar refractivity (Wildman–Crippen MR) is 95.7 cm³/mol. The fourth-order valence-electron chi connectivity index (χ4n) is 2.94. The molecule has 1 unspecified atom stereocenters. The third-order valence-corrected chi connectivity index (χ3v) is 4.51. The lowest BCUT2D eigenvalue weighted by Gasteiger charge is -2.42. The number of alkyl halides is 2. The molecule has 1 fully saturated rings. The smallest absolute Gasteiger partial charge is 0.387 e. The fraction of sp³-hybridized carbons (Fsp3) is 0.588. The van der Waals surface area contributed by atoms with Gasteiger partial charge in [0.1, 0.15) is 0 Å². The average molecular weight is 395 g/mol. The van der Waals surface area contributed by atoms with Gasteiger partial charge in [0, 0.05) is 24.7 Å². The average Bonchev–Trinajstić information content (AvgIpc) is 2.56. The molecule has 1 aromatic rings. The normalized spacial score (nSPS) is 18.9. The van der Waals surface area contributed by atoms with Crippen molar-refractivity contribution in [1.29, 1.82) is 0 Å². The van der Waals surface area contributed by atoms with Crippen LogP contribution in [0, 0.1) is 5.41 Å². The van der Waals surface area contributed by atoms with Crippen LogP contribution in [0.3, 0.4) is 0 Å². The maximum absolute atomic E-state index is 12.8. The number of ether oxygens (including phenoxy) is 3. The summed E-state index contributed by atoms with van der Waals surface area (Å²) in [4.78, 5) is 14.5. The molecule has 1 saturated heterocycles. The summed E-state index contributed by atoms with van der Waals surface area (Å²) >= 11 is 0. The quantitative estimate of drug-likeness (QED) is 0.831. The van der Waals surface area contributed by atoms with Crippen molar-refractivity contribution in [3.8, 4) is 17.2 Å². The molecular formula is C17H25ClF2N2O4. The molecule has 0 saturated carbocycles. The summed E-state index contributed by atoms with van der Waals surface area (Å²) in [5.41, 5.74) is 6.18. The molecule has 2 rings (SSSR count). The van der Waals surface area contributed by atoms with E-state index >= 15 is 0 Å². The molecule has 0 aliphatic carbocycles. The van der Waals surface area contributed by atoms with E-state index in [2.05, 4.69) is 4.74 Å². The van der Waals surface area contributed by atoms with E-state index in [-0.39, 0.29) is 52.6 Å². The van der Waals surface area contributed by atoms with Crippen LogP contribution in [0.1, 0.15) is 30.6 Å². The molecule has 1 atom stereocenters. The van der Waals surface area contributed by atoms with E-state index in [1.807, 2.05) is 13.8 Å². The second-order valence-corrected chi connectivity index (χ2v) is 6.70. The number of likely N-dealkylation sites (tertiary alicyclic amines) is 1. The SMILES string of the molecule is COc1cc(C(=O)N2CCC(N)C(C)(C)C2)cc(OC)c1OC(F)F.Cl. The monoisotopic (exact) mass is 394 g/mol. The highest BCUT2D eigenvalue weighted by atomic mass is 35.5.